The van der Waals surface area contributed by atoms with Gasteiger partial charge in [-0.25, -0.2) is 0 Å². The van der Waals surface area contributed by atoms with Gasteiger partial charge in [-0.1, -0.05) is 92.7 Å². The highest BCUT2D eigenvalue weighted by atomic mass is 14.4. The fourth-order valence-electron chi connectivity index (χ4n) is 5.82. The summed E-state index contributed by atoms with van der Waals surface area (Å²) in [4.78, 5) is 0. The summed E-state index contributed by atoms with van der Waals surface area (Å²) in [6.07, 6.45) is 0. The van der Waals surface area contributed by atoms with Crippen molar-refractivity contribution in [3.8, 4) is 11.1 Å². The highest BCUT2D eigenvalue weighted by Gasteiger charge is 2.34. The summed E-state index contributed by atoms with van der Waals surface area (Å²) in [5.41, 5.74) is 5.52. The summed E-state index contributed by atoms with van der Waals surface area (Å²) in [6.45, 7) is 4.78. The van der Waals surface area contributed by atoms with Gasteiger partial charge in [0.2, 0.25) is 0 Å². The molecule has 0 saturated carbocycles. The van der Waals surface area contributed by atoms with Crippen LogP contribution in [0.1, 0.15) is 25.0 Å². The highest BCUT2D eigenvalue weighted by molar-refractivity contribution is 6.17. The molecular formula is C31H22. The normalized spacial score (nSPS) is 14.4. The van der Waals surface area contributed by atoms with Gasteiger partial charge in [0, 0.05) is 5.41 Å². The Kier molecular flexibility index (Phi) is 3.16. The van der Waals surface area contributed by atoms with Gasteiger partial charge in [-0.05, 0) is 83.5 Å². The van der Waals surface area contributed by atoms with Crippen LogP contribution in [0.2, 0.25) is 0 Å². The van der Waals surface area contributed by atoms with Crippen LogP contribution in [0.5, 0.6) is 0 Å². The van der Waals surface area contributed by atoms with Crippen molar-refractivity contribution < 1.29 is 0 Å². The quantitative estimate of drug-likeness (QED) is 0.226. The van der Waals surface area contributed by atoms with E-state index in [9.17, 15) is 0 Å². The van der Waals surface area contributed by atoms with E-state index in [1.54, 1.807) is 0 Å². The van der Waals surface area contributed by atoms with Gasteiger partial charge in [-0.15, -0.1) is 0 Å². The zero-order valence-corrected chi connectivity index (χ0v) is 17.7. The molecule has 0 aromatic heterocycles. The van der Waals surface area contributed by atoms with Gasteiger partial charge in [-0.3, -0.25) is 0 Å². The van der Waals surface area contributed by atoms with E-state index in [1.165, 1.54) is 65.3 Å². The van der Waals surface area contributed by atoms with Gasteiger partial charge < -0.3 is 0 Å². The molecule has 0 N–H and O–H groups in total. The van der Waals surface area contributed by atoms with Gasteiger partial charge in [0.05, 0.1) is 0 Å². The SMILES string of the molecule is CC1(C)c2cc3c(ccc4ccccc43)cc2-c2cccc3c2c1cc1ccccc13. The van der Waals surface area contributed by atoms with Crippen LogP contribution in [-0.4, -0.2) is 0 Å². The molecule has 31 heavy (non-hydrogen) atoms. The summed E-state index contributed by atoms with van der Waals surface area (Å²) >= 11 is 0. The van der Waals surface area contributed by atoms with Crippen molar-refractivity contribution in [1.29, 1.82) is 0 Å². The average molecular weight is 395 g/mol. The minimum atomic E-state index is -0.0723. The predicted octanol–water partition coefficient (Wildman–Crippen LogP) is 8.61. The minimum absolute atomic E-state index is 0.0723. The third-order valence-electron chi connectivity index (χ3n) is 7.40. The highest BCUT2D eigenvalue weighted by Crippen LogP contribution is 2.51. The monoisotopic (exact) mass is 394 g/mol. The summed E-state index contributed by atoms with van der Waals surface area (Å²) in [6, 6.07) is 36.2. The molecule has 0 heterocycles. The molecule has 0 nitrogen and oxygen atoms in total. The predicted molar refractivity (Wildman–Crippen MR) is 134 cm³/mol. The number of benzene rings is 6. The van der Waals surface area contributed by atoms with Gasteiger partial charge in [0.25, 0.3) is 0 Å². The second kappa shape index (κ2) is 5.74. The molecule has 1 aliphatic rings. The second-order valence-corrected chi connectivity index (χ2v) is 9.40. The van der Waals surface area contributed by atoms with Crippen molar-refractivity contribution in [2.24, 2.45) is 0 Å². The lowest BCUT2D eigenvalue weighted by Gasteiger charge is -2.36. The molecule has 6 aromatic rings. The Balaban J connectivity index is 1.69. The molecule has 7 rings (SSSR count). The number of fused-ring (bicyclic) bond motifs is 7. The van der Waals surface area contributed by atoms with Crippen LogP contribution < -0.4 is 0 Å². The van der Waals surface area contributed by atoms with Crippen LogP contribution in [0, 0.1) is 0 Å². The zero-order valence-electron chi connectivity index (χ0n) is 17.7. The molecule has 146 valence electrons. The first-order valence-electron chi connectivity index (χ1n) is 11.0. The summed E-state index contributed by atoms with van der Waals surface area (Å²) < 4.78 is 0. The molecule has 0 bridgehead atoms. The van der Waals surface area contributed by atoms with Crippen LogP contribution >= 0.6 is 0 Å². The van der Waals surface area contributed by atoms with E-state index in [1.807, 2.05) is 0 Å². The Morgan fingerprint density at radius 3 is 1.94 bits per heavy atom. The maximum Gasteiger partial charge on any atom is 0.0159 e. The van der Waals surface area contributed by atoms with Crippen molar-refractivity contribution >= 4 is 43.1 Å². The van der Waals surface area contributed by atoms with Crippen molar-refractivity contribution in [3.05, 3.63) is 108 Å². The lowest BCUT2D eigenvalue weighted by Crippen LogP contribution is -2.23. The van der Waals surface area contributed by atoms with Crippen LogP contribution in [0.15, 0.2) is 97.1 Å². The first-order chi connectivity index (χ1) is 15.1. The summed E-state index contributed by atoms with van der Waals surface area (Å²) in [5.74, 6) is 0. The minimum Gasteiger partial charge on any atom is -0.0616 e. The van der Waals surface area contributed by atoms with E-state index in [0.717, 1.165) is 0 Å². The zero-order chi connectivity index (χ0) is 20.7. The molecule has 0 radical (unpaired) electrons. The van der Waals surface area contributed by atoms with Crippen molar-refractivity contribution in [1.82, 2.24) is 0 Å². The van der Waals surface area contributed by atoms with Crippen molar-refractivity contribution in [2.75, 3.05) is 0 Å². The molecule has 0 atom stereocenters. The lowest BCUT2D eigenvalue weighted by atomic mass is 9.67. The molecule has 0 amide bonds. The van der Waals surface area contributed by atoms with E-state index in [4.69, 9.17) is 0 Å². The first kappa shape index (κ1) is 17.1. The Hall–Kier alpha value is -3.64. The Morgan fingerprint density at radius 1 is 0.452 bits per heavy atom. The molecule has 6 aromatic carbocycles. The van der Waals surface area contributed by atoms with E-state index in [-0.39, 0.29) is 5.41 Å². The number of rotatable bonds is 0. The molecule has 0 heteroatoms. The number of hydrogen-bond acceptors (Lipinski definition) is 0. The summed E-state index contributed by atoms with van der Waals surface area (Å²) in [5, 5.41) is 10.7. The topological polar surface area (TPSA) is 0 Å². The summed E-state index contributed by atoms with van der Waals surface area (Å²) in [7, 11) is 0. The van der Waals surface area contributed by atoms with Crippen LogP contribution in [-0.2, 0) is 5.41 Å². The Morgan fingerprint density at radius 2 is 1.10 bits per heavy atom. The van der Waals surface area contributed by atoms with Crippen LogP contribution in [0.3, 0.4) is 0 Å². The smallest absolute Gasteiger partial charge is 0.0159 e. The third-order valence-corrected chi connectivity index (χ3v) is 7.40. The standard InChI is InChI=1S/C31H22/c1-31(2)28-18-26-21(15-14-19-8-3-5-10-22(19)26)16-27(28)25-13-7-12-24-23-11-6-4-9-20(23)17-29(31)30(24)25/h3-18H,1-2H3. The third kappa shape index (κ3) is 2.15. The molecule has 0 unspecified atom stereocenters. The van der Waals surface area contributed by atoms with Crippen molar-refractivity contribution in [2.45, 2.75) is 19.3 Å². The molecule has 0 spiro atoms. The van der Waals surface area contributed by atoms with Crippen LogP contribution in [0.4, 0.5) is 0 Å². The van der Waals surface area contributed by atoms with Gasteiger partial charge >= 0.3 is 0 Å². The average Bonchev–Trinajstić information content (AvgIpc) is 2.81. The van der Waals surface area contributed by atoms with Gasteiger partial charge in [0.15, 0.2) is 0 Å². The van der Waals surface area contributed by atoms with E-state index >= 15 is 0 Å². The molecule has 0 aliphatic heterocycles. The Bertz CT molecular complexity index is 1700. The first-order valence-corrected chi connectivity index (χ1v) is 11.0. The van der Waals surface area contributed by atoms with E-state index in [0.29, 0.717) is 0 Å². The molecular weight excluding hydrogens is 372 g/mol. The molecule has 1 aliphatic carbocycles. The molecule has 0 fully saturated rings. The molecule has 0 saturated heterocycles. The Labute approximate surface area is 181 Å². The van der Waals surface area contributed by atoms with E-state index < -0.39 is 0 Å². The van der Waals surface area contributed by atoms with Gasteiger partial charge in [-0.2, -0.15) is 0 Å². The van der Waals surface area contributed by atoms with E-state index in [2.05, 4.69) is 111 Å². The van der Waals surface area contributed by atoms with Crippen molar-refractivity contribution in [3.63, 3.8) is 0 Å². The largest absolute Gasteiger partial charge is 0.0616 e. The van der Waals surface area contributed by atoms with Crippen LogP contribution in [0.25, 0.3) is 54.2 Å². The fourth-order valence-corrected chi connectivity index (χ4v) is 5.82. The maximum absolute atomic E-state index is 2.46. The lowest BCUT2D eigenvalue weighted by molar-refractivity contribution is 0.647. The number of hydrogen-bond donors (Lipinski definition) is 0. The van der Waals surface area contributed by atoms with Gasteiger partial charge in [0.1, 0.15) is 0 Å². The fraction of sp³-hybridized carbons (Fsp3) is 0.0968. The second-order valence-electron chi connectivity index (χ2n) is 9.40. The maximum atomic E-state index is 2.46.